The Kier molecular flexibility index (Phi) is 7.00. The molecule has 6 nitrogen and oxygen atoms in total. The van der Waals surface area contributed by atoms with Gasteiger partial charge in [-0.05, 0) is 17.5 Å². The van der Waals surface area contributed by atoms with Crippen molar-refractivity contribution in [2.45, 2.75) is 6.54 Å². The molecule has 0 aliphatic carbocycles. The quantitative estimate of drug-likeness (QED) is 0.440. The summed E-state index contributed by atoms with van der Waals surface area (Å²) in [5.74, 6) is 0.120. The average Bonchev–Trinajstić information content (AvgIpc) is 3.00. The van der Waals surface area contributed by atoms with Crippen molar-refractivity contribution in [2.75, 3.05) is 18.6 Å². The van der Waals surface area contributed by atoms with Crippen molar-refractivity contribution in [3.8, 4) is 11.3 Å². The predicted octanol–water partition coefficient (Wildman–Crippen LogP) is 3.18. The number of fused-ring (bicyclic) bond motifs is 1. The van der Waals surface area contributed by atoms with E-state index in [1.165, 1.54) is 17.6 Å². The first kappa shape index (κ1) is 20.3. The number of hydrogen-bond acceptors (Lipinski definition) is 6. The summed E-state index contributed by atoms with van der Waals surface area (Å²) in [4.78, 5) is 8.83. The van der Waals surface area contributed by atoms with E-state index in [2.05, 4.69) is 15.3 Å². The van der Waals surface area contributed by atoms with Crippen LogP contribution in [0.15, 0.2) is 35.8 Å². The number of aromatic nitrogens is 2. The van der Waals surface area contributed by atoms with Gasteiger partial charge in [-0.25, -0.2) is 13.4 Å². The van der Waals surface area contributed by atoms with Gasteiger partial charge in [0.2, 0.25) is 0 Å². The van der Waals surface area contributed by atoms with Crippen molar-refractivity contribution in [1.82, 2.24) is 15.3 Å². The first-order valence-electron chi connectivity index (χ1n) is 7.36. The summed E-state index contributed by atoms with van der Waals surface area (Å²) in [7, 11) is -2.94. The fraction of sp³-hybridized carbons (Fsp3) is 0.250. The van der Waals surface area contributed by atoms with Gasteiger partial charge in [-0.3, -0.25) is 4.98 Å². The normalized spacial score (nSPS) is 11.4. The molecule has 0 unspecified atom stereocenters. The Labute approximate surface area is 174 Å². The molecule has 9 heteroatoms. The molecule has 2 heterocycles. The van der Waals surface area contributed by atoms with Crippen LogP contribution in [0.2, 0.25) is 0 Å². The molecule has 0 aliphatic heterocycles. The molecule has 0 amide bonds. The standard InChI is InChI=1S/C16H17N4O2S2.U/c1-24(21,22)7-6-18-9-16-20-15(10-23-16)11-2-3-14-12(8-11)13(17)4-5-19-14;/h2-5,8,10,18H,6-7,9H2,1H3,(H-,17,19);/q-1;+2. The fourth-order valence-electron chi connectivity index (χ4n) is 2.28. The Morgan fingerprint density at radius 2 is 2.08 bits per heavy atom. The van der Waals surface area contributed by atoms with Crippen LogP contribution in [0, 0.1) is 31.1 Å². The number of rotatable bonds is 6. The second-order valence-electron chi connectivity index (χ2n) is 5.52. The fourth-order valence-corrected chi connectivity index (χ4v) is 3.57. The van der Waals surface area contributed by atoms with Gasteiger partial charge in [0.1, 0.15) is 14.8 Å². The maximum atomic E-state index is 11.1. The molecule has 0 spiro atoms. The number of hydrogen-bond donors (Lipinski definition) is 1. The summed E-state index contributed by atoms with van der Waals surface area (Å²) >= 11 is 1.53. The van der Waals surface area contributed by atoms with Gasteiger partial charge < -0.3 is 11.1 Å². The molecule has 3 aromatic rings. The molecule has 0 bridgehead atoms. The first-order valence-corrected chi connectivity index (χ1v) is 10.3. The Hall–Kier alpha value is -0.978. The van der Waals surface area contributed by atoms with E-state index in [-0.39, 0.29) is 36.9 Å². The van der Waals surface area contributed by atoms with E-state index >= 15 is 0 Å². The minimum absolute atomic E-state index is 0. The number of sulfone groups is 1. The third-order valence-electron chi connectivity index (χ3n) is 3.51. The largest absolute Gasteiger partial charge is 2.00 e. The van der Waals surface area contributed by atoms with Gasteiger partial charge in [-0.15, -0.1) is 17.0 Å². The topological polar surface area (TPSA) is 95.8 Å². The van der Waals surface area contributed by atoms with Crippen LogP contribution in [-0.2, 0) is 16.4 Å². The molecule has 0 fully saturated rings. The predicted molar refractivity (Wildman–Crippen MR) is 98.3 cm³/mol. The zero-order chi connectivity index (χ0) is 17.2. The smallest absolute Gasteiger partial charge is 0.698 e. The zero-order valence-corrected chi connectivity index (χ0v) is 19.4. The number of benzene rings is 1. The van der Waals surface area contributed by atoms with E-state index in [4.69, 9.17) is 5.73 Å². The van der Waals surface area contributed by atoms with Gasteiger partial charge in [0, 0.05) is 36.5 Å². The minimum Gasteiger partial charge on any atom is -0.698 e. The molecule has 1 aromatic carbocycles. The SMILES string of the molecule is CS(=O)(=O)CCNCc1nc(-c2ccc3nccc([NH-])c3c2)cs1.[U+2]. The molecule has 128 valence electrons. The molecular weight excluding hydrogens is 582 g/mol. The summed E-state index contributed by atoms with van der Waals surface area (Å²) in [5, 5.41) is 6.76. The van der Waals surface area contributed by atoms with Crippen molar-refractivity contribution in [2.24, 2.45) is 0 Å². The minimum atomic E-state index is -2.94. The van der Waals surface area contributed by atoms with E-state index in [9.17, 15) is 8.42 Å². The maximum Gasteiger partial charge on any atom is 2.00 e. The molecule has 25 heavy (non-hydrogen) atoms. The summed E-state index contributed by atoms with van der Waals surface area (Å²) in [6.07, 6.45) is 2.86. The van der Waals surface area contributed by atoms with Gasteiger partial charge >= 0.3 is 31.1 Å². The molecule has 0 atom stereocenters. The van der Waals surface area contributed by atoms with Crippen LogP contribution in [0.4, 0.5) is 5.69 Å². The van der Waals surface area contributed by atoms with E-state index in [1.54, 1.807) is 12.3 Å². The Morgan fingerprint density at radius 3 is 2.84 bits per heavy atom. The summed E-state index contributed by atoms with van der Waals surface area (Å²) < 4.78 is 22.2. The molecule has 0 radical (unpaired) electrons. The first-order chi connectivity index (χ1) is 11.4. The molecule has 2 N–H and O–H groups in total. The third-order valence-corrected chi connectivity index (χ3v) is 5.31. The number of nitrogens with one attached hydrogen (secondary N) is 2. The number of pyridine rings is 1. The van der Waals surface area contributed by atoms with Crippen LogP contribution in [0.1, 0.15) is 5.01 Å². The van der Waals surface area contributed by atoms with Gasteiger partial charge in [0.05, 0.1) is 17.0 Å². The van der Waals surface area contributed by atoms with Crippen LogP contribution in [-0.4, -0.2) is 36.9 Å². The second-order valence-corrected chi connectivity index (χ2v) is 8.73. The zero-order valence-electron chi connectivity index (χ0n) is 13.6. The van der Waals surface area contributed by atoms with Gasteiger partial charge in [0.15, 0.2) is 0 Å². The van der Waals surface area contributed by atoms with Crippen molar-refractivity contribution < 1.29 is 39.5 Å². The van der Waals surface area contributed by atoms with E-state index in [0.29, 0.717) is 18.8 Å². The van der Waals surface area contributed by atoms with Crippen LogP contribution >= 0.6 is 11.3 Å². The molecular formula is C16H17N4O2S2U+. The second kappa shape index (κ2) is 8.60. The van der Waals surface area contributed by atoms with Crippen LogP contribution in [0.25, 0.3) is 27.9 Å². The van der Waals surface area contributed by atoms with Crippen LogP contribution < -0.4 is 5.32 Å². The number of nitrogens with zero attached hydrogens (tertiary/aromatic N) is 2. The molecule has 3 rings (SSSR count). The number of thiazole rings is 1. The molecule has 2 aromatic heterocycles. The Balaban J connectivity index is 0.00000225. The van der Waals surface area contributed by atoms with E-state index in [0.717, 1.165) is 27.2 Å². The van der Waals surface area contributed by atoms with Gasteiger partial charge in [-0.2, -0.15) is 0 Å². The van der Waals surface area contributed by atoms with Gasteiger partial charge in [-0.1, -0.05) is 12.1 Å². The monoisotopic (exact) mass is 599 g/mol. The molecule has 0 aliphatic rings. The van der Waals surface area contributed by atoms with Crippen molar-refractivity contribution >= 4 is 37.8 Å². The Morgan fingerprint density at radius 1 is 1.28 bits per heavy atom. The van der Waals surface area contributed by atoms with E-state index < -0.39 is 9.84 Å². The molecule has 0 saturated heterocycles. The molecule has 0 saturated carbocycles. The van der Waals surface area contributed by atoms with Crippen LogP contribution in [0.5, 0.6) is 0 Å². The van der Waals surface area contributed by atoms with Crippen molar-refractivity contribution in [1.29, 1.82) is 0 Å². The summed E-state index contributed by atoms with van der Waals surface area (Å²) in [6.45, 7) is 0.955. The van der Waals surface area contributed by atoms with Crippen molar-refractivity contribution in [3.05, 3.63) is 46.6 Å². The van der Waals surface area contributed by atoms with E-state index in [1.807, 2.05) is 23.6 Å². The van der Waals surface area contributed by atoms with Gasteiger partial charge in [0.25, 0.3) is 0 Å². The summed E-state index contributed by atoms with van der Waals surface area (Å²) in [6, 6.07) is 7.45. The maximum absolute atomic E-state index is 11.1. The van der Waals surface area contributed by atoms with Crippen LogP contribution in [0.3, 0.4) is 0 Å². The Bertz CT molecular complexity index is 973. The van der Waals surface area contributed by atoms with Crippen molar-refractivity contribution in [3.63, 3.8) is 0 Å². The summed E-state index contributed by atoms with van der Waals surface area (Å²) in [5.41, 5.74) is 11.0. The average molecular weight is 600 g/mol. The third kappa shape index (κ3) is 5.50.